The van der Waals surface area contributed by atoms with Crippen LogP contribution in [0.15, 0.2) is 18.2 Å². The molecule has 0 unspecified atom stereocenters. The first kappa shape index (κ1) is 16.0. The zero-order valence-electron chi connectivity index (χ0n) is 13.8. The summed E-state index contributed by atoms with van der Waals surface area (Å²) in [5.74, 6) is 0.161. The Balaban J connectivity index is 2.00. The zero-order chi connectivity index (χ0) is 15.4. The Labute approximate surface area is 128 Å². The summed E-state index contributed by atoms with van der Waals surface area (Å²) in [7, 11) is 1.96. The molecule has 1 saturated carbocycles. The highest BCUT2D eigenvalue weighted by atomic mass is 16.2. The Morgan fingerprint density at radius 2 is 1.71 bits per heavy atom. The van der Waals surface area contributed by atoms with Gasteiger partial charge in [-0.3, -0.25) is 4.79 Å². The van der Waals surface area contributed by atoms with Crippen molar-refractivity contribution in [1.29, 1.82) is 0 Å². The Hall–Kier alpha value is -1.35. The predicted octanol–water partition coefficient (Wildman–Crippen LogP) is 3.30. The normalized spacial score (nSPS) is 22.1. The molecule has 0 heterocycles. The van der Waals surface area contributed by atoms with Gasteiger partial charge in [-0.25, -0.2) is 0 Å². The third kappa shape index (κ3) is 4.07. The molecule has 0 aromatic heterocycles. The molecule has 0 saturated heterocycles. The first-order valence-electron chi connectivity index (χ1n) is 8.10. The van der Waals surface area contributed by atoms with E-state index in [2.05, 4.69) is 18.3 Å². The lowest BCUT2D eigenvalue weighted by Gasteiger charge is -2.35. The first-order valence-corrected chi connectivity index (χ1v) is 8.10. The lowest BCUT2D eigenvalue weighted by atomic mass is 9.90. The third-order valence-electron chi connectivity index (χ3n) is 4.53. The van der Waals surface area contributed by atoms with Crippen LogP contribution in [0.2, 0.25) is 0 Å². The molecular weight excluding hydrogens is 260 g/mol. The van der Waals surface area contributed by atoms with Crippen LogP contribution in [0.25, 0.3) is 0 Å². The first-order chi connectivity index (χ1) is 10.0. The van der Waals surface area contributed by atoms with Gasteiger partial charge in [0.25, 0.3) is 5.91 Å². The summed E-state index contributed by atoms with van der Waals surface area (Å²) in [6.45, 7) is 7.28. The van der Waals surface area contributed by atoms with E-state index in [4.69, 9.17) is 0 Å². The molecule has 1 aromatic carbocycles. The number of carbonyl (C=O) groups is 1. The SMILES string of the molecule is CCNC1CCC(N(C)C(=O)c2cc(C)cc(C)c2)CC1. The van der Waals surface area contributed by atoms with Crippen LogP contribution in [-0.4, -0.2) is 36.5 Å². The van der Waals surface area contributed by atoms with Crippen LogP contribution in [-0.2, 0) is 0 Å². The van der Waals surface area contributed by atoms with Crippen molar-refractivity contribution in [2.45, 2.75) is 58.5 Å². The van der Waals surface area contributed by atoms with Gasteiger partial charge in [0.05, 0.1) is 0 Å². The lowest BCUT2D eigenvalue weighted by Crippen LogP contribution is -2.43. The van der Waals surface area contributed by atoms with E-state index in [1.165, 1.54) is 12.8 Å². The number of benzene rings is 1. The molecule has 3 nitrogen and oxygen atoms in total. The highest BCUT2D eigenvalue weighted by Crippen LogP contribution is 2.24. The number of carbonyl (C=O) groups excluding carboxylic acids is 1. The van der Waals surface area contributed by atoms with E-state index in [0.717, 1.165) is 36.1 Å². The van der Waals surface area contributed by atoms with E-state index in [1.807, 2.05) is 37.9 Å². The number of amides is 1. The molecule has 0 bridgehead atoms. The second kappa shape index (κ2) is 7.08. The Kier molecular flexibility index (Phi) is 5.40. The fraction of sp³-hybridized carbons (Fsp3) is 0.611. The third-order valence-corrected chi connectivity index (χ3v) is 4.53. The van der Waals surface area contributed by atoms with E-state index < -0.39 is 0 Å². The molecule has 116 valence electrons. The van der Waals surface area contributed by atoms with Gasteiger partial charge in [-0.05, 0) is 58.2 Å². The zero-order valence-corrected chi connectivity index (χ0v) is 13.8. The van der Waals surface area contributed by atoms with Gasteiger partial charge in [-0.2, -0.15) is 0 Å². The maximum atomic E-state index is 12.7. The molecular formula is C18H28N2O. The van der Waals surface area contributed by atoms with Crippen LogP contribution < -0.4 is 5.32 Å². The molecule has 0 radical (unpaired) electrons. The summed E-state index contributed by atoms with van der Waals surface area (Å²) in [6, 6.07) is 7.12. The summed E-state index contributed by atoms with van der Waals surface area (Å²) >= 11 is 0. The number of hydrogen-bond acceptors (Lipinski definition) is 2. The van der Waals surface area contributed by atoms with Gasteiger partial charge >= 0.3 is 0 Å². The Morgan fingerprint density at radius 1 is 1.14 bits per heavy atom. The van der Waals surface area contributed by atoms with Gasteiger partial charge in [0, 0.05) is 24.7 Å². The highest BCUT2D eigenvalue weighted by molar-refractivity contribution is 5.94. The van der Waals surface area contributed by atoms with Crippen LogP contribution in [0.5, 0.6) is 0 Å². The molecule has 1 aliphatic rings. The summed E-state index contributed by atoms with van der Waals surface area (Å²) in [6.07, 6.45) is 4.54. The monoisotopic (exact) mass is 288 g/mol. The van der Waals surface area contributed by atoms with Gasteiger partial charge in [-0.1, -0.05) is 24.1 Å². The summed E-state index contributed by atoms with van der Waals surface area (Å²) < 4.78 is 0. The second-order valence-electron chi connectivity index (χ2n) is 6.36. The van der Waals surface area contributed by atoms with Gasteiger partial charge in [0.2, 0.25) is 0 Å². The average Bonchev–Trinajstić information content (AvgIpc) is 2.46. The van der Waals surface area contributed by atoms with Crippen molar-refractivity contribution in [3.63, 3.8) is 0 Å². The van der Waals surface area contributed by atoms with E-state index in [1.54, 1.807) is 0 Å². The molecule has 1 aliphatic carbocycles. The molecule has 21 heavy (non-hydrogen) atoms. The molecule has 1 amide bonds. The second-order valence-corrected chi connectivity index (χ2v) is 6.36. The van der Waals surface area contributed by atoms with Gasteiger partial charge in [-0.15, -0.1) is 0 Å². The molecule has 0 spiro atoms. The van der Waals surface area contributed by atoms with Gasteiger partial charge in [0.1, 0.15) is 0 Å². The van der Waals surface area contributed by atoms with Crippen molar-refractivity contribution in [1.82, 2.24) is 10.2 Å². The maximum Gasteiger partial charge on any atom is 0.253 e. The molecule has 3 heteroatoms. The van der Waals surface area contributed by atoms with Crippen molar-refractivity contribution in [2.24, 2.45) is 0 Å². The largest absolute Gasteiger partial charge is 0.339 e. The lowest BCUT2D eigenvalue weighted by molar-refractivity contribution is 0.0684. The van der Waals surface area contributed by atoms with E-state index >= 15 is 0 Å². The molecule has 2 rings (SSSR count). The Bertz CT molecular complexity index is 470. The van der Waals surface area contributed by atoms with Crippen molar-refractivity contribution in [3.8, 4) is 0 Å². The minimum absolute atomic E-state index is 0.161. The number of aryl methyl sites for hydroxylation is 2. The molecule has 1 N–H and O–H groups in total. The standard InChI is InChI=1S/C18H28N2O/c1-5-19-16-6-8-17(9-7-16)20(4)18(21)15-11-13(2)10-14(3)12-15/h10-12,16-17,19H,5-9H2,1-4H3. The van der Waals surface area contributed by atoms with Gasteiger partial charge in [0.15, 0.2) is 0 Å². The summed E-state index contributed by atoms with van der Waals surface area (Å²) in [5, 5.41) is 3.52. The molecule has 0 atom stereocenters. The number of rotatable bonds is 4. The summed E-state index contributed by atoms with van der Waals surface area (Å²) in [5.41, 5.74) is 3.13. The van der Waals surface area contributed by atoms with Crippen LogP contribution in [0.3, 0.4) is 0 Å². The molecule has 0 aliphatic heterocycles. The number of hydrogen-bond donors (Lipinski definition) is 1. The minimum Gasteiger partial charge on any atom is -0.339 e. The molecule has 1 aromatic rings. The quantitative estimate of drug-likeness (QED) is 0.922. The van der Waals surface area contributed by atoms with Crippen LogP contribution >= 0.6 is 0 Å². The average molecular weight is 288 g/mol. The maximum absolute atomic E-state index is 12.7. The smallest absolute Gasteiger partial charge is 0.253 e. The number of nitrogens with one attached hydrogen (secondary N) is 1. The van der Waals surface area contributed by atoms with Crippen LogP contribution in [0.1, 0.15) is 54.1 Å². The van der Waals surface area contributed by atoms with Crippen molar-refractivity contribution in [2.75, 3.05) is 13.6 Å². The topological polar surface area (TPSA) is 32.3 Å². The van der Waals surface area contributed by atoms with Crippen LogP contribution in [0, 0.1) is 13.8 Å². The fourth-order valence-electron chi connectivity index (χ4n) is 3.42. The minimum atomic E-state index is 0.161. The molecule has 1 fully saturated rings. The van der Waals surface area contributed by atoms with E-state index in [0.29, 0.717) is 12.1 Å². The van der Waals surface area contributed by atoms with E-state index in [-0.39, 0.29) is 5.91 Å². The predicted molar refractivity (Wildman–Crippen MR) is 87.7 cm³/mol. The Morgan fingerprint density at radius 3 is 2.24 bits per heavy atom. The summed E-state index contributed by atoms with van der Waals surface area (Å²) in [4.78, 5) is 14.6. The van der Waals surface area contributed by atoms with Gasteiger partial charge < -0.3 is 10.2 Å². The van der Waals surface area contributed by atoms with Crippen molar-refractivity contribution < 1.29 is 4.79 Å². The number of nitrogens with zero attached hydrogens (tertiary/aromatic N) is 1. The van der Waals surface area contributed by atoms with Crippen molar-refractivity contribution >= 4 is 5.91 Å². The highest BCUT2D eigenvalue weighted by Gasteiger charge is 2.26. The van der Waals surface area contributed by atoms with Crippen molar-refractivity contribution in [3.05, 3.63) is 34.9 Å². The van der Waals surface area contributed by atoms with Crippen LogP contribution in [0.4, 0.5) is 0 Å². The van der Waals surface area contributed by atoms with E-state index in [9.17, 15) is 4.79 Å². The fourth-order valence-corrected chi connectivity index (χ4v) is 3.42.